The van der Waals surface area contributed by atoms with Gasteiger partial charge in [0.25, 0.3) is 11.8 Å². The van der Waals surface area contributed by atoms with E-state index in [1.807, 2.05) is 72.1 Å². The van der Waals surface area contributed by atoms with E-state index < -0.39 is 11.8 Å². The second-order valence-corrected chi connectivity index (χ2v) is 7.75. The topological polar surface area (TPSA) is 91.8 Å². The van der Waals surface area contributed by atoms with E-state index in [0.717, 1.165) is 21.5 Å². The van der Waals surface area contributed by atoms with E-state index in [-0.39, 0.29) is 0 Å². The average molecular weight is 427 g/mol. The van der Waals surface area contributed by atoms with Crippen LogP contribution in [0.15, 0.2) is 84.5 Å². The van der Waals surface area contributed by atoms with Gasteiger partial charge in [-0.25, -0.2) is 4.68 Å². The van der Waals surface area contributed by atoms with Crippen molar-refractivity contribution in [1.82, 2.24) is 25.6 Å². The van der Waals surface area contributed by atoms with E-state index in [1.165, 1.54) is 11.3 Å². The highest BCUT2D eigenvalue weighted by atomic mass is 32.1. The van der Waals surface area contributed by atoms with Crippen LogP contribution >= 0.6 is 11.3 Å². The Bertz CT molecular complexity index is 1370. The first-order valence-electron chi connectivity index (χ1n) is 9.56. The third-order valence-electron chi connectivity index (χ3n) is 4.86. The Morgan fingerprint density at radius 2 is 1.61 bits per heavy atom. The number of hydrazine groups is 1. The molecule has 0 fully saturated rings. The zero-order valence-electron chi connectivity index (χ0n) is 16.2. The molecule has 3 heterocycles. The van der Waals surface area contributed by atoms with Crippen molar-refractivity contribution >= 4 is 34.1 Å². The maximum absolute atomic E-state index is 13.0. The van der Waals surface area contributed by atoms with Crippen LogP contribution in [-0.4, -0.2) is 26.6 Å². The molecule has 0 aliphatic rings. The molecule has 152 valence electrons. The summed E-state index contributed by atoms with van der Waals surface area (Å²) in [5, 5.41) is 7.32. The Labute approximate surface area is 181 Å². The number of carbonyl (C=O) groups is 2. The molecular formula is C23H17N5O2S. The van der Waals surface area contributed by atoms with Gasteiger partial charge in [-0.1, -0.05) is 42.5 Å². The van der Waals surface area contributed by atoms with Crippen LogP contribution in [0.5, 0.6) is 0 Å². The summed E-state index contributed by atoms with van der Waals surface area (Å²) in [6.07, 6.45) is 3.29. The van der Waals surface area contributed by atoms with Gasteiger partial charge in [-0.05, 0) is 29.6 Å². The monoisotopic (exact) mass is 427 g/mol. The van der Waals surface area contributed by atoms with Crippen LogP contribution in [0.2, 0.25) is 0 Å². The Morgan fingerprint density at radius 3 is 2.39 bits per heavy atom. The Morgan fingerprint density at radius 1 is 0.871 bits per heavy atom. The zero-order valence-corrected chi connectivity index (χ0v) is 17.0. The van der Waals surface area contributed by atoms with Crippen molar-refractivity contribution in [2.24, 2.45) is 0 Å². The molecule has 3 aromatic heterocycles. The fraction of sp³-hybridized carbons (Fsp3) is 0. The van der Waals surface area contributed by atoms with E-state index in [2.05, 4.69) is 20.9 Å². The maximum atomic E-state index is 13.0. The molecule has 0 atom stereocenters. The van der Waals surface area contributed by atoms with Crippen LogP contribution in [0.4, 0.5) is 0 Å². The number of amides is 2. The lowest BCUT2D eigenvalue weighted by atomic mass is 10.2. The first-order chi connectivity index (χ1) is 15.2. The van der Waals surface area contributed by atoms with Gasteiger partial charge >= 0.3 is 0 Å². The minimum absolute atomic E-state index is 0.366. The van der Waals surface area contributed by atoms with E-state index in [9.17, 15) is 9.59 Å². The molecule has 0 spiro atoms. The van der Waals surface area contributed by atoms with Crippen LogP contribution < -0.4 is 10.9 Å². The summed E-state index contributed by atoms with van der Waals surface area (Å²) < 4.78 is 1.66. The Hall–Kier alpha value is -4.17. The Balaban J connectivity index is 1.41. The molecule has 0 unspecified atom stereocenters. The normalized spacial score (nSPS) is 10.8. The molecule has 2 amide bonds. The average Bonchev–Trinajstić information content (AvgIpc) is 3.56. The summed E-state index contributed by atoms with van der Waals surface area (Å²) >= 11 is 1.49. The minimum Gasteiger partial charge on any atom is -0.360 e. The molecule has 0 radical (unpaired) electrons. The molecule has 0 saturated carbocycles. The second kappa shape index (κ2) is 7.92. The number of nitrogens with zero attached hydrogens (tertiary/aromatic N) is 2. The molecule has 0 aliphatic heterocycles. The number of aromatic nitrogens is 3. The van der Waals surface area contributed by atoms with Crippen LogP contribution in [0.25, 0.3) is 27.2 Å². The number of H-pyrrole nitrogens is 1. The van der Waals surface area contributed by atoms with E-state index in [0.29, 0.717) is 16.8 Å². The van der Waals surface area contributed by atoms with Crippen molar-refractivity contribution in [3.8, 4) is 16.3 Å². The van der Waals surface area contributed by atoms with Gasteiger partial charge in [0.1, 0.15) is 5.69 Å². The summed E-state index contributed by atoms with van der Waals surface area (Å²) in [5.41, 5.74) is 8.08. The Kier molecular flexibility index (Phi) is 4.81. The molecule has 31 heavy (non-hydrogen) atoms. The smallest absolute Gasteiger partial charge is 0.273 e. The summed E-state index contributed by atoms with van der Waals surface area (Å²) in [5.74, 6) is -0.849. The molecule has 2 aromatic carbocycles. The maximum Gasteiger partial charge on any atom is 0.273 e. The molecular weight excluding hydrogens is 410 g/mol. The summed E-state index contributed by atoms with van der Waals surface area (Å²) in [7, 11) is 0. The molecule has 0 bridgehead atoms. The molecule has 8 heteroatoms. The van der Waals surface area contributed by atoms with Crippen LogP contribution in [0, 0.1) is 0 Å². The van der Waals surface area contributed by atoms with Gasteiger partial charge in [0.05, 0.1) is 21.7 Å². The molecule has 0 aliphatic carbocycles. The van der Waals surface area contributed by atoms with Crippen molar-refractivity contribution < 1.29 is 9.59 Å². The number of fused-ring (bicyclic) bond motifs is 1. The summed E-state index contributed by atoms with van der Waals surface area (Å²) in [6.45, 7) is 0. The van der Waals surface area contributed by atoms with Crippen LogP contribution in [-0.2, 0) is 0 Å². The first-order valence-corrected chi connectivity index (χ1v) is 10.4. The number of hydrogen-bond donors (Lipinski definition) is 3. The van der Waals surface area contributed by atoms with Gasteiger partial charge in [0, 0.05) is 23.3 Å². The minimum atomic E-state index is -0.446. The number of nitrogens with one attached hydrogen (secondary N) is 3. The van der Waals surface area contributed by atoms with Gasteiger partial charge in [-0.15, -0.1) is 11.3 Å². The lowest BCUT2D eigenvalue weighted by Crippen LogP contribution is -2.41. The standard InChI is InChI=1S/C23H17N5O2S/c29-22(17-13-24-19-10-5-4-9-16(17)19)25-26-23(30)18-14-28(15-7-2-1-3-8-15)27-21(18)20-11-6-12-31-20/h1-14,24H,(H,25,29)(H,26,30). The molecule has 5 aromatic rings. The molecule has 0 saturated heterocycles. The number of carbonyl (C=O) groups excluding carboxylic acids is 2. The fourth-order valence-electron chi connectivity index (χ4n) is 3.36. The van der Waals surface area contributed by atoms with E-state index >= 15 is 0 Å². The zero-order chi connectivity index (χ0) is 21.2. The molecule has 3 N–H and O–H groups in total. The summed E-state index contributed by atoms with van der Waals surface area (Å²) in [4.78, 5) is 29.5. The van der Waals surface area contributed by atoms with Crippen molar-refractivity contribution in [2.75, 3.05) is 0 Å². The highest BCUT2D eigenvalue weighted by Gasteiger charge is 2.20. The lowest BCUT2D eigenvalue weighted by molar-refractivity contribution is 0.0848. The van der Waals surface area contributed by atoms with Crippen molar-refractivity contribution in [3.63, 3.8) is 0 Å². The third-order valence-corrected chi connectivity index (χ3v) is 5.73. The number of thiophene rings is 1. The number of benzene rings is 2. The van der Waals surface area contributed by atoms with E-state index in [1.54, 1.807) is 17.1 Å². The van der Waals surface area contributed by atoms with Gasteiger partial charge < -0.3 is 4.98 Å². The lowest BCUT2D eigenvalue weighted by Gasteiger charge is -2.06. The largest absolute Gasteiger partial charge is 0.360 e. The van der Waals surface area contributed by atoms with Crippen LogP contribution in [0.1, 0.15) is 20.7 Å². The van der Waals surface area contributed by atoms with Crippen molar-refractivity contribution in [2.45, 2.75) is 0 Å². The number of rotatable bonds is 4. The van der Waals surface area contributed by atoms with Gasteiger partial charge in [-0.2, -0.15) is 5.10 Å². The van der Waals surface area contributed by atoms with Crippen molar-refractivity contribution in [1.29, 1.82) is 0 Å². The highest BCUT2D eigenvalue weighted by Crippen LogP contribution is 2.27. The quantitative estimate of drug-likeness (QED) is 0.376. The molecule has 7 nitrogen and oxygen atoms in total. The van der Waals surface area contributed by atoms with E-state index in [4.69, 9.17) is 0 Å². The predicted octanol–water partition coefficient (Wildman–Crippen LogP) is 4.16. The SMILES string of the molecule is O=C(NNC(=O)c1c[nH]c2ccccc12)c1cn(-c2ccccc2)nc1-c1cccs1. The first kappa shape index (κ1) is 18.8. The number of hydrogen-bond acceptors (Lipinski definition) is 4. The predicted molar refractivity (Wildman–Crippen MR) is 120 cm³/mol. The number of para-hydroxylation sites is 2. The number of aromatic amines is 1. The molecule has 5 rings (SSSR count). The van der Waals surface area contributed by atoms with Crippen molar-refractivity contribution in [3.05, 3.63) is 95.6 Å². The van der Waals surface area contributed by atoms with Gasteiger partial charge in [-0.3, -0.25) is 20.4 Å². The third kappa shape index (κ3) is 3.60. The van der Waals surface area contributed by atoms with Gasteiger partial charge in [0.15, 0.2) is 0 Å². The fourth-order valence-corrected chi connectivity index (χ4v) is 4.08. The second-order valence-electron chi connectivity index (χ2n) is 6.80. The van der Waals surface area contributed by atoms with Crippen LogP contribution in [0.3, 0.4) is 0 Å². The highest BCUT2D eigenvalue weighted by molar-refractivity contribution is 7.13. The summed E-state index contributed by atoms with van der Waals surface area (Å²) in [6, 6.07) is 20.8. The van der Waals surface area contributed by atoms with Gasteiger partial charge in [0.2, 0.25) is 0 Å².